The van der Waals surface area contributed by atoms with Gasteiger partial charge >= 0.3 is 0 Å². The summed E-state index contributed by atoms with van der Waals surface area (Å²) in [5.41, 5.74) is 2.47. The molecule has 0 aliphatic heterocycles. The predicted octanol–water partition coefficient (Wildman–Crippen LogP) is 3.24. The van der Waals surface area contributed by atoms with Crippen LogP contribution in [0, 0.1) is 0 Å². The molecule has 94 valence electrons. The van der Waals surface area contributed by atoms with Crippen LogP contribution < -0.4 is 0 Å². The van der Waals surface area contributed by atoms with Crippen LogP contribution in [0.3, 0.4) is 0 Å². The molecular formula is C15H18N2O. The number of benzene rings is 1. The molecule has 3 nitrogen and oxygen atoms in total. The summed E-state index contributed by atoms with van der Waals surface area (Å²) in [6.07, 6.45) is 3.33. The van der Waals surface area contributed by atoms with Crippen molar-refractivity contribution >= 4 is 16.7 Å². The predicted molar refractivity (Wildman–Crippen MR) is 71.7 cm³/mol. The number of carbonyl (C=O) groups is 1. The first-order chi connectivity index (χ1) is 8.43. The van der Waals surface area contributed by atoms with Crippen molar-refractivity contribution in [2.45, 2.75) is 45.1 Å². The first-order valence-electron chi connectivity index (χ1n) is 6.44. The third kappa shape index (κ3) is 1.84. The van der Waals surface area contributed by atoms with Gasteiger partial charge in [-0.3, -0.25) is 9.48 Å². The minimum absolute atomic E-state index is 0.143. The molecule has 0 N–H and O–H groups in total. The van der Waals surface area contributed by atoms with Crippen LogP contribution in [0.1, 0.15) is 45.2 Å². The molecule has 1 aliphatic carbocycles. The minimum Gasteiger partial charge on any atom is -0.300 e. The fourth-order valence-electron chi connectivity index (χ4n) is 2.34. The maximum Gasteiger partial charge on any atom is 0.137 e. The summed E-state index contributed by atoms with van der Waals surface area (Å²) < 4.78 is 1.96. The lowest BCUT2D eigenvalue weighted by Crippen LogP contribution is -2.26. The minimum atomic E-state index is 0.143. The van der Waals surface area contributed by atoms with E-state index in [1.54, 1.807) is 0 Å². The van der Waals surface area contributed by atoms with E-state index in [-0.39, 0.29) is 11.5 Å². The van der Waals surface area contributed by atoms with Crippen LogP contribution >= 0.6 is 0 Å². The summed E-state index contributed by atoms with van der Waals surface area (Å²) in [5.74, 6) is 0.343. The van der Waals surface area contributed by atoms with Gasteiger partial charge in [0.15, 0.2) is 0 Å². The van der Waals surface area contributed by atoms with Crippen LogP contribution in [0.15, 0.2) is 24.4 Å². The Kier molecular flexibility index (Phi) is 2.34. The highest BCUT2D eigenvalue weighted by atomic mass is 16.1. The quantitative estimate of drug-likeness (QED) is 0.769. The van der Waals surface area contributed by atoms with Gasteiger partial charge in [0.2, 0.25) is 0 Å². The van der Waals surface area contributed by atoms with Crippen molar-refractivity contribution in [2.75, 3.05) is 0 Å². The van der Waals surface area contributed by atoms with Gasteiger partial charge in [-0.15, -0.1) is 0 Å². The molecule has 2 aromatic rings. The van der Waals surface area contributed by atoms with Crippen molar-refractivity contribution in [3.05, 3.63) is 30.0 Å². The lowest BCUT2D eigenvalue weighted by Gasteiger charge is -2.23. The normalized spacial score (nSPS) is 17.2. The zero-order valence-corrected chi connectivity index (χ0v) is 11.1. The average Bonchev–Trinajstić information content (AvgIpc) is 2.65. The highest BCUT2D eigenvalue weighted by molar-refractivity contribution is 5.85. The van der Waals surface area contributed by atoms with Gasteiger partial charge in [0.1, 0.15) is 5.78 Å². The number of nitrogens with zero attached hydrogens (tertiary/aromatic N) is 2. The molecule has 1 heterocycles. The lowest BCUT2D eigenvalue weighted by molar-refractivity contribution is -0.126. The van der Waals surface area contributed by atoms with Crippen molar-refractivity contribution in [1.29, 1.82) is 0 Å². The van der Waals surface area contributed by atoms with Crippen molar-refractivity contribution in [3.63, 3.8) is 0 Å². The van der Waals surface area contributed by atoms with Gasteiger partial charge in [0, 0.05) is 24.4 Å². The van der Waals surface area contributed by atoms with E-state index in [0.29, 0.717) is 18.6 Å². The van der Waals surface area contributed by atoms with Crippen LogP contribution in [0.5, 0.6) is 0 Å². The maximum atomic E-state index is 11.0. The SMILES string of the molecule is CC(C)(C)c1ccc2cn(C3CC(=O)C3)nc2c1. The molecule has 3 heteroatoms. The van der Waals surface area contributed by atoms with E-state index in [2.05, 4.69) is 50.3 Å². The molecule has 0 atom stereocenters. The standard InChI is InChI=1S/C15H18N2O/c1-15(2,3)11-5-4-10-9-17(16-14(10)6-11)12-7-13(18)8-12/h4-6,9,12H,7-8H2,1-3H3. The Hall–Kier alpha value is -1.64. The Balaban J connectivity index is 1.99. The summed E-state index contributed by atoms with van der Waals surface area (Å²) in [4.78, 5) is 11.0. The smallest absolute Gasteiger partial charge is 0.137 e. The number of hydrogen-bond acceptors (Lipinski definition) is 2. The molecule has 0 spiro atoms. The summed E-state index contributed by atoms with van der Waals surface area (Å²) in [6, 6.07) is 6.73. The van der Waals surface area contributed by atoms with Crippen LogP contribution in [0.2, 0.25) is 0 Å². The number of rotatable bonds is 1. The fourth-order valence-corrected chi connectivity index (χ4v) is 2.34. The van der Waals surface area contributed by atoms with Gasteiger partial charge in [-0.25, -0.2) is 0 Å². The summed E-state index contributed by atoms with van der Waals surface area (Å²) >= 11 is 0. The monoisotopic (exact) mass is 242 g/mol. The van der Waals surface area contributed by atoms with Gasteiger partial charge in [0.25, 0.3) is 0 Å². The van der Waals surface area contributed by atoms with E-state index in [1.165, 1.54) is 5.56 Å². The second kappa shape index (κ2) is 3.67. The Bertz CT molecular complexity index is 611. The Morgan fingerprint density at radius 2 is 2.00 bits per heavy atom. The second-order valence-electron chi connectivity index (χ2n) is 6.23. The lowest BCUT2D eigenvalue weighted by atomic mass is 9.87. The van der Waals surface area contributed by atoms with E-state index in [9.17, 15) is 4.79 Å². The molecular weight excluding hydrogens is 224 g/mol. The third-order valence-electron chi connectivity index (χ3n) is 3.69. The largest absolute Gasteiger partial charge is 0.300 e. The Labute approximate surface area is 107 Å². The Morgan fingerprint density at radius 3 is 2.61 bits per heavy atom. The van der Waals surface area contributed by atoms with Gasteiger partial charge < -0.3 is 0 Å². The van der Waals surface area contributed by atoms with E-state index in [4.69, 9.17) is 0 Å². The van der Waals surface area contributed by atoms with E-state index < -0.39 is 0 Å². The molecule has 1 aliphatic rings. The maximum absolute atomic E-state index is 11.0. The van der Waals surface area contributed by atoms with Crippen LogP contribution in [-0.4, -0.2) is 15.6 Å². The van der Waals surface area contributed by atoms with Crippen molar-refractivity contribution < 1.29 is 4.79 Å². The molecule has 1 saturated carbocycles. The number of carbonyl (C=O) groups excluding carboxylic acids is 1. The highest BCUT2D eigenvalue weighted by Crippen LogP contribution is 2.30. The fraction of sp³-hybridized carbons (Fsp3) is 0.467. The summed E-state index contributed by atoms with van der Waals surface area (Å²) in [6.45, 7) is 6.61. The number of fused-ring (bicyclic) bond motifs is 1. The third-order valence-corrected chi connectivity index (χ3v) is 3.69. The molecule has 0 unspecified atom stereocenters. The molecule has 18 heavy (non-hydrogen) atoms. The molecule has 0 saturated heterocycles. The average molecular weight is 242 g/mol. The first-order valence-corrected chi connectivity index (χ1v) is 6.44. The molecule has 0 bridgehead atoms. The molecule has 1 aromatic carbocycles. The van der Waals surface area contributed by atoms with Crippen LogP contribution in [0.4, 0.5) is 0 Å². The van der Waals surface area contributed by atoms with Gasteiger partial charge in [-0.1, -0.05) is 32.9 Å². The topological polar surface area (TPSA) is 34.9 Å². The summed E-state index contributed by atoms with van der Waals surface area (Å²) in [7, 11) is 0. The van der Waals surface area contributed by atoms with E-state index in [1.807, 2.05) is 4.68 Å². The molecule has 1 aromatic heterocycles. The first kappa shape index (κ1) is 11.5. The highest BCUT2D eigenvalue weighted by Gasteiger charge is 2.28. The van der Waals surface area contributed by atoms with Crippen LogP contribution in [-0.2, 0) is 10.2 Å². The number of ketones is 1. The van der Waals surface area contributed by atoms with Gasteiger partial charge in [-0.05, 0) is 17.0 Å². The van der Waals surface area contributed by atoms with Crippen molar-refractivity contribution in [3.8, 4) is 0 Å². The number of hydrogen-bond donors (Lipinski definition) is 0. The molecule has 3 rings (SSSR count). The zero-order valence-electron chi connectivity index (χ0n) is 11.1. The van der Waals surface area contributed by atoms with Crippen molar-refractivity contribution in [1.82, 2.24) is 9.78 Å². The van der Waals surface area contributed by atoms with Gasteiger partial charge in [-0.2, -0.15) is 5.10 Å². The zero-order chi connectivity index (χ0) is 12.9. The van der Waals surface area contributed by atoms with Crippen molar-refractivity contribution in [2.24, 2.45) is 0 Å². The Morgan fingerprint density at radius 1 is 1.28 bits per heavy atom. The molecule has 1 fully saturated rings. The van der Waals surface area contributed by atoms with Crippen LogP contribution in [0.25, 0.3) is 10.9 Å². The van der Waals surface area contributed by atoms with Gasteiger partial charge in [0.05, 0.1) is 11.6 Å². The summed E-state index contributed by atoms with van der Waals surface area (Å²) in [5, 5.41) is 5.76. The number of Topliss-reactive ketones (excluding diaryl/α,β-unsaturated/α-hetero) is 1. The molecule has 0 amide bonds. The second-order valence-corrected chi connectivity index (χ2v) is 6.23. The van der Waals surface area contributed by atoms with E-state index in [0.717, 1.165) is 10.9 Å². The number of aromatic nitrogens is 2. The van der Waals surface area contributed by atoms with E-state index >= 15 is 0 Å². The molecule has 0 radical (unpaired) electrons.